The van der Waals surface area contributed by atoms with Gasteiger partial charge in [-0.2, -0.15) is 0 Å². The molecule has 2 unspecified atom stereocenters. The van der Waals surface area contributed by atoms with Crippen LogP contribution in [0.5, 0.6) is 5.75 Å². The predicted octanol–water partition coefficient (Wildman–Crippen LogP) is 1.79. The van der Waals surface area contributed by atoms with Crippen LogP contribution in [0.4, 0.5) is 4.39 Å². The molecule has 2 rings (SSSR count). The second-order valence-electron chi connectivity index (χ2n) is 7.06. The summed E-state index contributed by atoms with van der Waals surface area (Å²) in [6, 6.07) is 6.30. The Bertz CT molecular complexity index is 648. The average Bonchev–Trinajstić information content (AvgIpc) is 2.69. The average molecular weight is 394 g/mol. The lowest BCUT2D eigenvalue weighted by molar-refractivity contribution is -0.127. The summed E-state index contributed by atoms with van der Waals surface area (Å²) in [5, 5.41) is 6.39. The summed E-state index contributed by atoms with van der Waals surface area (Å²) in [4.78, 5) is 17.7. The highest BCUT2D eigenvalue weighted by Crippen LogP contribution is 2.16. The molecule has 156 valence electrons. The summed E-state index contributed by atoms with van der Waals surface area (Å²) in [5.41, 5.74) is 0. The van der Waals surface area contributed by atoms with Gasteiger partial charge in [0.05, 0.1) is 12.6 Å². The van der Waals surface area contributed by atoms with Gasteiger partial charge in [0, 0.05) is 27.2 Å². The van der Waals surface area contributed by atoms with E-state index < -0.39 is 5.82 Å². The second kappa shape index (κ2) is 11.5. The number of hydrogen-bond acceptors (Lipinski definition) is 4. The maximum absolute atomic E-state index is 13.7. The molecule has 2 N–H and O–H groups in total. The fourth-order valence-electron chi connectivity index (χ4n) is 2.68. The molecule has 7 nitrogen and oxygen atoms in total. The second-order valence-corrected chi connectivity index (χ2v) is 7.06. The number of nitrogens with one attached hydrogen (secondary N) is 2. The zero-order chi connectivity index (χ0) is 20.4. The predicted molar refractivity (Wildman–Crippen MR) is 107 cm³/mol. The van der Waals surface area contributed by atoms with Crippen LogP contribution in [0, 0.1) is 5.82 Å². The molecule has 0 radical (unpaired) electrons. The van der Waals surface area contributed by atoms with Gasteiger partial charge in [0.25, 0.3) is 0 Å². The summed E-state index contributed by atoms with van der Waals surface area (Å²) in [7, 11) is 3.39. The molecule has 1 heterocycles. The number of rotatable bonds is 8. The third-order valence-electron chi connectivity index (χ3n) is 4.36. The number of aliphatic imine (C=N–C) groups is 1. The van der Waals surface area contributed by atoms with Gasteiger partial charge in [-0.05, 0) is 38.3 Å². The van der Waals surface area contributed by atoms with Crippen molar-refractivity contribution in [1.29, 1.82) is 0 Å². The summed E-state index contributed by atoms with van der Waals surface area (Å²) in [6.45, 7) is 3.67. The van der Waals surface area contributed by atoms with E-state index in [0.29, 0.717) is 19.0 Å². The Labute approximate surface area is 166 Å². The first kappa shape index (κ1) is 21.9. The minimum atomic E-state index is -0.396. The van der Waals surface area contributed by atoms with Crippen molar-refractivity contribution in [2.24, 2.45) is 4.99 Å². The van der Waals surface area contributed by atoms with Crippen LogP contribution in [0.15, 0.2) is 29.3 Å². The molecule has 28 heavy (non-hydrogen) atoms. The molecule has 0 spiro atoms. The molecule has 1 aromatic rings. The van der Waals surface area contributed by atoms with Gasteiger partial charge in [0.15, 0.2) is 17.5 Å². The smallest absolute Gasteiger partial charge is 0.243 e. The van der Waals surface area contributed by atoms with Gasteiger partial charge in [0.1, 0.15) is 12.6 Å². The van der Waals surface area contributed by atoms with Crippen LogP contribution in [0.1, 0.15) is 26.2 Å². The van der Waals surface area contributed by atoms with Crippen LogP contribution >= 0.6 is 0 Å². The number of amides is 1. The van der Waals surface area contributed by atoms with Crippen LogP contribution in [-0.2, 0) is 9.53 Å². The zero-order valence-electron chi connectivity index (χ0n) is 16.9. The lowest BCUT2D eigenvalue weighted by Gasteiger charge is -2.24. The van der Waals surface area contributed by atoms with E-state index in [1.54, 1.807) is 32.3 Å². The van der Waals surface area contributed by atoms with Gasteiger partial charge in [-0.15, -0.1) is 0 Å². The first-order chi connectivity index (χ1) is 13.5. The van der Waals surface area contributed by atoms with Gasteiger partial charge >= 0.3 is 0 Å². The summed E-state index contributed by atoms with van der Waals surface area (Å²) in [6.07, 6.45) is 3.09. The molecule has 1 saturated heterocycles. The molecule has 0 aromatic heterocycles. The van der Waals surface area contributed by atoms with Crippen LogP contribution in [0.2, 0.25) is 0 Å². The molecule has 1 aromatic carbocycles. The van der Waals surface area contributed by atoms with Gasteiger partial charge in [-0.25, -0.2) is 9.38 Å². The van der Waals surface area contributed by atoms with E-state index in [4.69, 9.17) is 9.47 Å². The number of halogens is 1. The van der Waals surface area contributed by atoms with Gasteiger partial charge in [-0.1, -0.05) is 12.1 Å². The van der Waals surface area contributed by atoms with Crippen molar-refractivity contribution < 1.29 is 18.7 Å². The van der Waals surface area contributed by atoms with E-state index in [-0.39, 0.29) is 30.4 Å². The Balaban J connectivity index is 1.88. The topological polar surface area (TPSA) is 75.2 Å². The molecule has 8 heteroatoms. The first-order valence-electron chi connectivity index (χ1n) is 9.71. The first-order valence-corrected chi connectivity index (χ1v) is 9.71. The molecule has 0 bridgehead atoms. The number of likely N-dealkylation sites (N-methyl/N-ethyl adjacent to an activating group) is 1. The zero-order valence-corrected chi connectivity index (χ0v) is 16.9. The number of carbonyl (C=O) groups excluding carboxylic acids is 1. The highest BCUT2D eigenvalue weighted by atomic mass is 19.1. The molecule has 1 aliphatic heterocycles. The van der Waals surface area contributed by atoms with Crippen molar-refractivity contribution in [3.05, 3.63) is 30.1 Å². The fraction of sp³-hybridized carbons (Fsp3) is 0.600. The minimum absolute atomic E-state index is 0.0381. The number of benzene rings is 1. The lowest BCUT2D eigenvalue weighted by atomic mass is 10.1. The monoisotopic (exact) mass is 394 g/mol. The minimum Gasteiger partial charge on any atom is -0.486 e. The molecule has 2 atom stereocenters. The number of guanidine groups is 1. The Hall–Kier alpha value is -2.35. The Kier molecular flexibility index (Phi) is 9.00. The number of para-hydroxylation sites is 1. The van der Waals surface area contributed by atoms with E-state index in [2.05, 4.69) is 15.6 Å². The Morgan fingerprint density at radius 2 is 2.14 bits per heavy atom. The fourth-order valence-corrected chi connectivity index (χ4v) is 2.68. The molecular weight excluding hydrogens is 363 g/mol. The highest BCUT2D eigenvalue weighted by Gasteiger charge is 2.15. The Morgan fingerprint density at radius 1 is 1.36 bits per heavy atom. The quantitative estimate of drug-likeness (QED) is 0.519. The van der Waals surface area contributed by atoms with Crippen molar-refractivity contribution in [2.75, 3.05) is 40.3 Å². The molecular formula is C20H31FN4O3. The SMILES string of the molecule is CC(CNC(=NCC(=O)N(C)C)NCC1CCCCO1)Oc1ccccc1F. The maximum Gasteiger partial charge on any atom is 0.243 e. The van der Waals surface area contributed by atoms with E-state index in [9.17, 15) is 9.18 Å². The van der Waals surface area contributed by atoms with Crippen molar-refractivity contribution in [3.8, 4) is 5.75 Å². The number of ether oxygens (including phenoxy) is 2. The molecule has 1 aliphatic rings. The van der Waals surface area contributed by atoms with Crippen LogP contribution in [0.25, 0.3) is 0 Å². The van der Waals surface area contributed by atoms with Crippen LogP contribution in [0.3, 0.4) is 0 Å². The lowest BCUT2D eigenvalue weighted by Crippen LogP contribution is -2.45. The van der Waals surface area contributed by atoms with Crippen molar-refractivity contribution in [3.63, 3.8) is 0 Å². The molecule has 0 aliphatic carbocycles. The largest absolute Gasteiger partial charge is 0.486 e. The standard InChI is InChI=1S/C20H31FN4O3/c1-15(28-18-10-5-4-9-17(18)21)12-22-20(24-14-19(26)25(2)3)23-13-16-8-6-7-11-27-16/h4-5,9-10,15-16H,6-8,11-14H2,1-3H3,(H2,22,23,24). The number of carbonyl (C=O) groups is 1. The van der Waals surface area contributed by atoms with Gasteiger partial charge in [-0.3, -0.25) is 4.79 Å². The summed E-state index contributed by atoms with van der Waals surface area (Å²) < 4.78 is 25.1. The molecule has 1 amide bonds. The van der Waals surface area contributed by atoms with Gasteiger partial charge < -0.3 is 25.0 Å². The van der Waals surface area contributed by atoms with Crippen molar-refractivity contribution in [2.45, 2.75) is 38.4 Å². The van der Waals surface area contributed by atoms with Crippen molar-refractivity contribution in [1.82, 2.24) is 15.5 Å². The van der Waals surface area contributed by atoms with Crippen LogP contribution < -0.4 is 15.4 Å². The van der Waals surface area contributed by atoms with E-state index in [1.807, 2.05) is 6.92 Å². The third-order valence-corrected chi connectivity index (χ3v) is 4.36. The summed E-state index contributed by atoms with van der Waals surface area (Å²) >= 11 is 0. The Morgan fingerprint density at radius 3 is 2.82 bits per heavy atom. The van der Waals surface area contributed by atoms with E-state index in [1.165, 1.54) is 11.0 Å². The molecule has 1 fully saturated rings. The van der Waals surface area contributed by atoms with Crippen molar-refractivity contribution >= 4 is 11.9 Å². The number of nitrogens with zero attached hydrogens (tertiary/aromatic N) is 2. The van der Waals surface area contributed by atoms with E-state index >= 15 is 0 Å². The highest BCUT2D eigenvalue weighted by molar-refractivity contribution is 5.84. The maximum atomic E-state index is 13.7. The van der Waals surface area contributed by atoms with Crippen LogP contribution in [-0.4, -0.2) is 69.3 Å². The molecule has 0 saturated carbocycles. The number of hydrogen-bond donors (Lipinski definition) is 2. The van der Waals surface area contributed by atoms with Gasteiger partial charge in [0.2, 0.25) is 5.91 Å². The third kappa shape index (κ3) is 7.72. The summed E-state index contributed by atoms with van der Waals surface area (Å²) in [5.74, 6) is 0.230. The normalized spacial score (nSPS) is 18.3. The van der Waals surface area contributed by atoms with E-state index in [0.717, 1.165) is 25.9 Å².